The molecule has 2 N–H and O–H groups in total. The fourth-order valence-electron chi connectivity index (χ4n) is 3.62. The SMILES string of the molecule is O=S(=O)(NCCC[NH+]1CCCC1)c1ccc(S(=O)(=O)N2CCCC2)cc1. The van der Waals surface area contributed by atoms with Crippen LogP contribution in [-0.4, -0.2) is 60.4 Å². The third kappa shape index (κ3) is 4.64. The maximum Gasteiger partial charge on any atom is 0.243 e. The summed E-state index contributed by atoms with van der Waals surface area (Å²) in [6.07, 6.45) is 5.06. The molecule has 0 atom stereocenters. The summed E-state index contributed by atoms with van der Waals surface area (Å²) in [5, 5.41) is 0. The van der Waals surface area contributed by atoms with E-state index in [1.807, 2.05) is 0 Å². The van der Waals surface area contributed by atoms with E-state index in [9.17, 15) is 16.8 Å². The molecule has 2 aliphatic rings. The van der Waals surface area contributed by atoms with Gasteiger partial charge in [-0.05, 0) is 37.1 Å². The highest BCUT2D eigenvalue weighted by atomic mass is 32.2. The second kappa shape index (κ2) is 8.35. The average Bonchev–Trinajstić information content (AvgIpc) is 3.32. The highest BCUT2D eigenvalue weighted by Gasteiger charge is 2.27. The molecule has 3 rings (SSSR count). The second-order valence-electron chi connectivity index (χ2n) is 7.04. The zero-order valence-electron chi connectivity index (χ0n) is 15.0. The molecular weight excluding hydrogens is 374 g/mol. The van der Waals surface area contributed by atoms with E-state index in [2.05, 4.69) is 4.72 Å². The van der Waals surface area contributed by atoms with Crippen LogP contribution in [0.2, 0.25) is 0 Å². The van der Waals surface area contributed by atoms with E-state index in [4.69, 9.17) is 0 Å². The molecule has 0 spiro atoms. The van der Waals surface area contributed by atoms with E-state index >= 15 is 0 Å². The van der Waals surface area contributed by atoms with Crippen molar-refractivity contribution >= 4 is 20.0 Å². The van der Waals surface area contributed by atoms with Crippen LogP contribution in [0.15, 0.2) is 34.1 Å². The van der Waals surface area contributed by atoms with Crippen molar-refractivity contribution < 1.29 is 21.7 Å². The highest BCUT2D eigenvalue weighted by Crippen LogP contribution is 2.22. The van der Waals surface area contributed by atoms with Gasteiger partial charge < -0.3 is 4.90 Å². The Bertz CT molecular complexity index is 795. The van der Waals surface area contributed by atoms with Gasteiger partial charge in [0.25, 0.3) is 0 Å². The quantitative estimate of drug-likeness (QED) is 0.591. The van der Waals surface area contributed by atoms with E-state index in [0.717, 1.165) is 25.8 Å². The number of quaternary nitrogens is 1. The van der Waals surface area contributed by atoms with Gasteiger partial charge in [0, 0.05) is 38.9 Å². The predicted octanol–water partition coefficient (Wildman–Crippen LogP) is -0.182. The van der Waals surface area contributed by atoms with Crippen molar-refractivity contribution in [3.63, 3.8) is 0 Å². The Morgan fingerprint density at radius 3 is 2.08 bits per heavy atom. The normalized spacial score (nSPS) is 20.0. The monoisotopic (exact) mass is 402 g/mol. The molecular formula is C17H28N3O4S2+. The molecule has 0 bridgehead atoms. The van der Waals surface area contributed by atoms with Crippen LogP contribution in [-0.2, 0) is 20.0 Å². The number of hydrogen-bond donors (Lipinski definition) is 2. The van der Waals surface area contributed by atoms with Gasteiger partial charge in [0.15, 0.2) is 0 Å². The van der Waals surface area contributed by atoms with E-state index < -0.39 is 20.0 Å². The third-order valence-electron chi connectivity index (χ3n) is 5.15. The van der Waals surface area contributed by atoms with Gasteiger partial charge in [-0.2, -0.15) is 4.31 Å². The number of hydrogen-bond acceptors (Lipinski definition) is 4. The average molecular weight is 403 g/mol. The molecule has 2 fully saturated rings. The van der Waals surface area contributed by atoms with Gasteiger partial charge in [-0.1, -0.05) is 0 Å². The van der Waals surface area contributed by atoms with Crippen molar-refractivity contribution in [1.29, 1.82) is 0 Å². The van der Waals surface area contributed by atoms with Gasteiger partial charge >= 0.3 is 0 Å². The Balaban J connectivity index is 1.57. The number of likely N-dealkylation sites (tertiary alicyclic amines) is 1. The van der Waals surface area contributed by atoms with Crippen LogP contribution < -0.4 is 9.62 Å². The van der Waals surface area contributed by atoms with Gasteiger partial charge in [-0.3, -0.25) is 0 Å². The lowest BCUT2D eigenvalue weighted by Crippen LogP contribution is -3.10. The fraction of sp³-hybridized carbons (Fsp3) is 0.647. The molecule has 7 nitrogen and oxygen atoms in total. The number of rotatable bonds is 8. The summed E-state index contributed by atoms with van der Waals surface area (Å²) in [6.45, 7) is 4.81. The first-order valence-electron chi connectivity index (χ1n) is 9.33. The molecule has 0 saturated carbocycles. The molecule has 0 unspecified atom stereocenters. The topological polar surface area (TPSA) is 88.0 Å². The molecule has 2 saturated heterocycles. The van der Waals surface area contributed by atoms with Gasteiger partial charge in [0.2, 0.25) is 20.0 Å². The number of benzene rings is 1. The summed E-state index contributed by atoms with van der Waals surface area (Å²) in [7, 11) is -7.12. The number of nitrogens with zero attached hydrogens (tertiary/aromatic N) is 1. The Labute approximate surface area is 156 Å². The Kier molecular flexibility index (Phi) is 6.34. The summed E-state index contributed by atoms with van der Waals surface area (Å²) in [5.74, 6) is 0. The van der Waals surface area contributed by atoms with Crippen molar-refractivity contribution in [3.05, 3.63) is 24.3 Å². The Hall–Kier alpha value is -1.00. The third-order valence-corrected chi connectivity index (χ3v) is 8.54. The standard InChI is InChI=1S/C17H27N3O4S2/c21-25(22,18-10-5-13-19-11-1-2-12-19)16-6-8-17(9-7-16)26(23,24)20-14-3-4-15-20/h6-9,18H,1-5,10-15H2/p+1. The van der Waals surface area contributed by atoms with Gasteiger partial charge in [-0.15, -0.1) is 0 Å². The van der Waals surface area contributed by atoms with E-state index in [-0.39, 0.29) is 9.79 Å². The maximum absolute atomic E-state index is 12.5. The van der Waals surface area contributed by atoms with Crippen LogP contribution in [0.25, 0.3) is 0 Å². The van der Waals surface area contributed by atoms with Gasteiger partial charge in [0.05, 0.1) is 29.4 Å². The predicted molar refractivity (Wildman–Crippen MR) is 99.0 cm³/mol. The minimum Gasteiger partial charge on any atom is -0.335 e. The van der Waals surface area contributed by atoms with Crippen LogP contribution >= 0.6 is 0 Å². The van der Waals surface area contributed by atoms with Crippen molar-refractivity contribution in [3.8, 4) is 0 Å². The molecule has 0 radical (unpaired) electrons. The first kappa shape index (κ1) is 19.8. The summed E-state index contributed by atoms with van der Waals surface area (Å²) < 4.78 is 53.8. The molecule has 0 aromatic heterocycles. The van der Waals surface area contributed by atoms with Crippen molar-refractivity contribution in [2.45, 2.75) is 41.9 Å². The zero-order valence-corrected chi connectivity index (χ0v) is 16.6. The summed E-state index contributed by atoms with van der Waals surface area (Å²) in [6, 6.07) is 5.52. The number of nitrogens with one attached hydrogen (secondary N) is 2. The van der Waals surface area contributed by atoms with E-state index in [1.54, 1.807) is 4.90 Å². The molecule has 9 heteroatoms. The molecule has 2 aliphatic heterocycles. The molecule has 26 heavy (non-hydrogen) atoms. The van der Waals surface area contributed by atoms with Crippen molar-refractivity contribution in [1.82, 2.24) is 9.03 Å². The summed E-state index contributed by atoms with van der Waals surface area (Å²) in [5.41, 5.74) is 0. The zero-order chi connectivity index (χ0) is 18.6. The molecule has 1 aromatic rings. The molecule has 146 valence electrons. The second-order valence-corrected chi connectivity index (χ2v) is 10.7. The largest absolute Gasteiger partial charge is 0.335 e. The lowest BCUT2D eigenvalue weighted by Gasteiger charge is -2.16. The smallest absolute Gasteiger partial charge is 0.243 e. The van der Waals surface area contributed by atoms with Crippen LogP contribution in [0.4, 0.5) is 0 Å². The minimum atomic E-state index is -3.61. The van der Waals surface area contributed by atoms with E-state index in [0.29, 0.717) is 19.6 Å². The van der Waals surface area contributed by atoms with Crippen molar-refractivity contribution in [2.24, 2.45) is 0 Å². The fourth-order valence-corrected chi connectivity index (χ4v) is 6.21. The first-order valence-corrected chi connectivity index (χ1v) is 12.3. The Morgan fingerprint density at radius 2 is 1.46 bits per heavy atom. The van der Waals surface area contributed by atoms with Crippen LogP contribution in [0.3, 0.4) is 0 Å². The highest BCUT2D eigenvalue weighted by molar-refractivity contribution is 7.89. The van der Waals surface area contributed by atoms with Crippen LogP contribution in [0.1, 0.15) is 32.1 Å². The first-order chi connectivity index (χ1) is 12.4. The molecule has 0 amide bonds. The van der Waals surface area contributed by atoms with Gasteiger partial charge in [0.1, 0.15) is 0 Å². The summed E-state index contributed by atoms with van der Waals surface area (Å²) in [4.78, 5) is 1.79. The van der Waals surface area contributed by atoms with Crippen molar-refractivity contribution in [2.75, 3.05) is 39.3 Å². The molecule has 1 aromatic carbocycles. The van der Waals surface area contributed by atoms with Crippen LogP contribution in [0.5, 0.6) is 0 Å². The number of sulfonamides is 2. The maximum atomic E-state index is 12.5. The van der Waals surface area contributed by atoms with E-state index in [1.165, 1.54) is 54.5 Å². The molecule has 0 aliphatic carbocycles. The lowest BCUT2D eigenvalue weighted by molar-refractivity contribution is -0.887. The molecule has 2 heterocycles. The lowest BCUT2D eigenvalue weighted by atomic mass is 10.4. The Morgan fingerprint density at radius 1 is 0.885 bits per heavy atom. The van der Waals surface area contributed by atoms with Crippen LogP contribution in [0, 0.1) is 0 Å². The summed E-state index contributed by atoms with van der Waals surface area (Å²) >= 11 is 0. The minimum absolute atomic E-state index is 0.103. The van der Waals surface area contributed by atoms with Gasteiger partial charge in [-0.25, -0.2) is 21.6 Å².